The van der Waals surface area contributed by atoms with Crippen LogP contribution in [0, 0.1) is 17.8 Å². The van der Waals surface area contributed by atoms with Gasteiger partial charge < -0.3 is 10.6 Å². The number of aryl methyl sites for hydroxylation is 1. The van der Waals surface area contributed by atoms with Crippen LogP contribution in [0.5, 0.6) is 0 Å². The maximum absolute atomic E-state index is 12.7. The Balaban J connectivity index is 0.00000121. The Kier molecular flexibility index (Phi) is 6.71. The Hall–Kier alpha value is -0.780. The van der Waals surface area contributed by atoms with E-state index in [0.29, 0.717) is 17.9 Å². The van der Waals surface area contributed by atoms with Gasteiger partial charge in [-0.2, -0.15) is 5.10 Å². The number of nitrogens with two attached hydrogens (primary N) is 1. The van der Waals surface area contributed by atoms with E-state index in [9.17, 15) is 4.79 Å². The minimum absolute atomic E-state index is 0. The topological polar surface area (TPSA) is 64.2 Å². The zero-order valence-corrected chi connectivity index (χ0v) is 14.8. The second-order valence-corrected chi connectivity index (χ2v) is 6.47. The molecule has 2 bridgehead atoms. The van der Waals surface area contributed by atoms with E-state index in [1.807, 2.05) is 20.3 Å². The van der Waals surface area contributed by atoms with Crippen molar-refractivity contribution in [1.82, 2.24) is 9.78 Å². The SMILES string of the molecule is CN(C(=O)C1CC2CCCC(C1)C2N)c1cnn(C)c1.Cl.Cl. The van der Waals surface area contributed by atoms with Crippen LogP contribution in [-0.4, -0.2) is 28.8 Å². The van der Waals surface area contributed by atoms with E-state index in [1.54, 1.807) is 15.8 Å². The van der Waals surface area contributed by atoms with Crippen molar-refractivity contribution in [1.29, 1.82) is 0 Å². The number of hydrogen-bond donors (Lipinski definition) is 1. The summed E-state index contributed by atoms with van der Waals surface area (Å²) in [6.07, 6.45) is 9.21. The van der Waals surface area contributed by atoms with Gasteiger partial charge in [-0.25, -0.2) is 0 Å². The van der Waals surface area contributed by atoms with Crippen molar-refractivity contribution in [2.75, 3.05) is 11.9 Å². The van der Waals surface area contributed by atoms with Gasteiger partial charge in [0.1, 0.15) is 0 Å². The second-order valence-electron chi connectivity index (χ2n) is 6.47. The summed E-state index contributed by atoms with van der Waals surface area (Å²) in [4.78, 5) is 14.4. The van der Waals surface area contributed by atoms with Gasteiger partial charge in [0.25, 0.3) is 0 Å². The first kappa shape index (κ1) is 19.3. The number of amides is 1. The van der Waals surface area contributed by atoms with Crippen LogP contribution in [0.4, 0.5) is 5.69 Å². The summed E-state index contributed by atoms with van der Waals surface area (Å²) in [6, 6.07) is 0.316. The molecule has 2 aliphatic carbocycles. The van der Waals surface area contributed by atoms with Crippen LogP contribution in [0.2, 0.25) is 0 Å². The van der Waals surface area contributed by atoms with Crippen LogP contribution < -0.4 is 10.6 Å². The first-order valence-electron chi connectivity index (χ1n) is 7.58. The van der Waals surface area contributed by atoms with E-state index in [2.05, 4.69) is 5.10 Å². The summed E-state index contributed by atoms with van der Waals surface area (Å²) in [5, 5.41) is 4.14. The van der Waals surface area contributed by atoms with Crippen molar-refractivity contribution in [2.24, 2.45) is 30.5 Å². The molecule has 7 heteroatoms. The number of carbonyl (C=O) groups excluding carboxylic acids is 1. The van der Waals surface area contributed by atoms with Crippen molar-refractivity contribution in [2.45, 2.75) is 38.1 Å². The number of nitrogens with zero attached hydrogens (tertiary/aromatic N) is 3. The maximum Gasteiger partial charge on any atom is 0.229 e. The summed E-state index contributed by atoms with van der Waals surface area (Å²) in [5.74, 6) is 1.44. The molecule has 0 radical (unpaired) electrons. The van der Waals surface area contributed by atoms with Crippen molar-refractivity contribution in [3.8, 4) is 0 Å². The largest absolute Gasteiger partial charge is 0.327 e. The van der Waals surface area contributed by atoms with E-state index in [1.165, 1.54) is 19.3 Å². The highest BCUT2D eigenvalue weighted by molar-refractivity contribution is 5.94. The zero-order chi connectivity index (χ0) is 14.3. The quantitative estimate of drug-likeness (QED) is 0.892. The van der Waals surface area contributed by atoms with E-state index in [0.717, 1.165) is 18.5 Å². The third-order valence-corrected chi connectivity index (χ3v) is 5.17. The molecule has 0 saturated heterocycles. The van der Waals surface area contributed by atoms with Crippen molar-refractivity contribution in [3.63, 3.8) is 0 Å². The van der Waals surface area contributed by atoms with Gasteiger partial charge in [-0.05, 0) is 37.5 Å². The highest BCUT2D eigenvalue weighted by Crippen LogP contribution is 2.42. The Morgan fingerprint density at radius 2 is 1.91 bits per heavy atom. The standard InChI is InChI=1S/C15H24N4O.2ClH/c1-18-9-13(8-17-18)19(2)15(20)12-6-10-4-3-5-11(7-12)14(10)16;;/h8-12,14H,3-7,16H2,1-2H3;2*1H. The van der Waals surface area contributed by atoms with Crippen LogP contribution in [-0.2, 0) is 11.8 Å². The van der Waals surface area contributed by atoms with Gasteiger partial charge in [-0.1, -0.05) is 6.42 Å². The normalized spacial score (nSPS) is 30.0. The predicted octanol–water partition coefficient (Wildman–Crippen LogP) is 2.38. The number of fused-ring (bicyclic) bond motifs is 2. The zero-order valence-electron chi connectivity index (χ0n) is 13.1. The van der Waals surface area contributed by atoms with Crippen LogP contribution >= 0.6 is 24.8 Å². The number of halogens is 2. The molecule has 5 nitrogen and oxygen atoms in total. The lowest BCUT2D eigenvalue weighted by molar-refractivity contribution is -0.124. The molecule has 22 heavy (non-hydrogen) atoms. The Morgan fingerprint density at radius 3 is 2.41 bits per heavy atom. The van der Waals surface area contributed by atoms with E-state index in [-0.39, 0.29) is 36.6 Å². The molecule has 0 spiro atoms. The van der Waals surface area contributed by atoms with Crippen molar-refractivity contribution >= 4 is 36.4 Å². The molecule has 1 aromatic heterocycles. The molecule has 126 valence electrons. The average Bonchev–Trinajstić information content (AvgIpc) is 2.83. The van der Waals surface area contributed by atoms with Gasteiger partial charge in [0.05, 0.1) is 11.9 Å². The van der Waals surface area contributed by atoms with E-state index >= 15 is 0 Å². The number of anilines is 1. The fraction of sp³-hybridized carbons (Fsp3) is 0.733. The maximum atomic E-state index is 12.7. The molecule has 2 saturated carbocycles. The van der Waals surface area contributed by atoms with Gasteiger partial charge in [0.2, 0.25) is 5.91 Å². The molecule has 2 N–H and O–H groups in total. The minimum Gasteiger partial charge on any atom is -0.327 e. The van der Waals surface area contributed by atoms with Crippen molar-refractivity contribution in [3.05, 3.63) is 12.4 Å². The monoisotopic (exact) mass is 348 g/mol. The van der Waals surface area contributed by atoms with Gasteiger partial charge in [0, 0.05) is 32.3 Å². The second kappa shape index (κ2) is 7.66. The highest BCUT2D eigenvalue weighted by atomic mass is 35.5. The van der Waals surface area contributed by atoms with Gasteiger partial charge in [0.15, 0.2) is 0 Å². The number of hydrogen-bond acceptors (Lipinski definition) is 3. The Labute approximate surface area is 144 Å². The van der Waals surface area contributed by atoms with Crippen molar-refractivity contribution < 1.29 is 4.79 Å². The smallest absolute Gasteiger partial charge is 0.229 e. The summed E-state index contributed by atoms with van der Waals surface area (Å²) >= 11 is 0. The van der Waals surface area contributed by atoms with Crippen LogP contribution in [0.1, 0.15) is 32.1 Å². The molecule has 3 rings (SSSR count). The van der Waals surface area contributed by atoms with Crippen LogP contribution in [0.15, 0.2) is 12.4 Å². The lowest BCUT2D eigenvalue weighted by Crippen LogP contribution is -2.49. The molecular weight excluding hydrogens is 323 g/mol. The lowest BCUT2D eigenvalue weighted by Gasteiger charge is -2.44. The molecule has 1 heterocycles. The number of aromatic nitrogens is 2. The van der Waals surface area contributed by atoms with Gasteiger partial charge in [-0.3, -0.25) is 9.48 Å². The van der Waals surface area contributed by atoms with E-state index < -0.39 is 0 Å². The fourth-order valence-corrected chi connectivity index (χ4v) is 3.97. The minimum atomic E-state index is 0. The third-order valence-electron chi connectivity index (χ3n) is 5.17. The average molecular weight is 349 g/mol. The molecule has 1 amide bonds. The fourth-order valence-electron chi connectivity index (χ4n) is 3.97. The first-order valence-corrected chi connectivity index (χ1v) is 7.58. The molecule has 2 atom stereocenters. The van der Waals surface area contributed by atoms with Crippen LogP contribution in [0.25, 0.3) is 0 Å². The molecule has 0 aliphatic heterocycles. The lowest BCUT2D eigenvalue weighted by atomic mass is 9.65. The van der Waals surface area contributed by atoms with Crippen LogP contribution in [0.3, 0.4) is 0 Å². The molecule has 2 aliphatic rings. The summed E-state index contributed by atoms with van der Waals surface area (Å²) in [5.41, 5.74) is 7.17. The number of rotatable bonds is 2. The Bertz CT molecular complexity index is 493. The van der Waals surface area contributed by atoms with Gasteiger partial charge >= 0.3 is 0 Å². The number of carbonyl (C=O) groups is 1. The summed E-state index contributed by atoms with van der Waals surface area (Å²) < 4.78 is 1.73. The molecule has 1 aromatic rings. The predicted molar refractivity (Wildman–Crippen MR) is 92.6 cm³/mol. The van der Waals surface area contributed by atoms with Gasteiger partial charge in [-0.15, -0.1) is 24.8 Å². The summed E-state index contributed by atoms with van der Waals surface area (Å²) in [6.45, 7) is 0. The highest BCUT2D eigenvalue weighted by Gasteiger charge is 2.41. The molecule has 2 unspecified atom stereocenters. The molecular formula is C15H26Cl2N4O. The molecule has 0 aromatic carbocycles. The molecule has 2 fully saturated rings. The van der Waals surface area contributed by atoms with E-state index in [4.69, 9.17) is 5.73 Å². The summed E-state index contributed by atoms with van der Waals surface area (Å²) in [7, 11) is 3.72. The third kappa shape index (κ3) is 3.58. The Morgan fingerprint density at radius 1 is 1.32 bits per heavy atom. The first-order chi connectivity index (χ1) is 9.56.